The van der Waals surface area contributed by atoms with Gasteiger partial charge in [-0.25, -0.2) is 4.99 Å². The molecular formula is C3H5NO. The number of aliphatic imine (C=N–C) groups is 1. The largest absolute Gasteiger partial charge is 0.374 e. The molecule has 0 radical (unpaired) electrons. The molecule has 0 aliphatic heterocycles. The van der Waals surface area contributed by atoms with Crippen LogP contribution in [0.15, 0.2) is 11.6 Å². The number of rotatable bonds is 1. The van der Waals surface area contributed by atoms with E-state index >= 15 is 0 Å². The second kappa shape index (κ2) is 3.41. The van der Waals surface area contributed by atoms with Crippen molar-refractivity contribution in [1.82, 2.24) is 0 Å². The Morgan fingerprint density at radius 1 is 2.00 bits per heavy atom. The fourth-order valence-corrected chi connectivity index (χ4v) is 0.0500. The van der Waals surface area contributed by atoms with Crippen molar-refractivity contribution in [3.63, 3.8) is 0 Å². The van der Waals surface area contributed by atoms with Crippen LogP contribution in [-0.2, 0) is 0 Å². The van der Waals surface area contributed by atoms with E-state index in [0.717, 1.165) is 0 Å². The van der Waals surface area contributed by atoms with Crippen LogP contribution in [-0.4, -0.2) is 17.7 Å². The predicted molar refractivity (Wildman–Crippen MR) is 20.1 cm³/mol. The standard InChI is InChI=1S/C3H5NO/c1-2-4-3-5/h5H,1,3H2. The van der Waals surface area contributed by atoms with Crippen molar-refractivity contribution < 1.29 is 5.11 Å². The minimum atomic E-state index is -0.205. The summed E-state index contributed by atoms with van der Waals surface area (Å²) in [5.41, 5.74) is 0. The van der Waals surface area contributed by atoms with E-state index in [4.69, 9.17) is 5.11 Å². The van der Waals surface area contributed by atoms with Crippen LogP contribution in [0.1, 0.15) is 0 Å². The molecule has 0 amide bonds. The van der Waals surface area contributed by atoms with Gasteiger partial charge in [0.25, 0.3) is 0 Å². The summed E-state index contributed by atoms with van der Waals surface area (Å²) in [6.07, 6.45) is 0. The zero-order valence-electron chi connectivity index (χ0n) is 2.81. The molecule has 0 aliphatic carbocycles. The Labute approximate surface area is 30.5 Å². The molecule has 0 fully saturated rings. The summed E-state index contributed by atoms with van der Waals surface area (Å²) in [7, 11) is 0. The molecule has 0 aliphatic rings. The molecule has 0 rings (SSSR count). The first-order valence-corrected chi connectivity index (χ1v) is 1.21. The van der Waals surface area contributed by atoms with Crippen LogP contribution in [0.3, 0.4) is 0 Å². The van der Waals surface area contributed by atoms with E-state index in [-0.39, 0.29) is 6.73 Å². The van der Waals surface area contributed by atoms with Crippen molar-refractivity contribution in [2.45, 2.75) is 0 Å². The van der Waals surface area contributed by atoms with Gasteiger partial charge in [0.05, 0.1) is 0 Å². The Hall–Kier alpha value is -0.590. The van der Waals surface area contributed by atoms with Crippen molar-refractivity contribution >= 4 is 5.87 Å². The molecule has 2 heteroatoms. The van der Waals surface area contributed by atoms with Gasteiger partial charge in [-0.3, -0.25) is 0 Å². The monoisotopic (exact) mass is 71.0 g/mol. The molecule has 0 aromatic heterocycles. The van der Waals surface area contributed by atoms with Crippen molar-refractivity contribution in [3.05, 3.63) is 6.58 Å². The Morgan fingerprint density at radius 3 is 2.60 bits per heavy atom. The third-order valence-corrected chi connectivity index (χ3v) is 0.183. The summed E-state index contributed by atoms with van der Waals surface area (Å²) in [6.45, 7) is 2.89. The highest BCUT2D eigenvalue weighted by Crippen LogP contribution is 1.47. The van der Waals surface area contributed by atoms with Gasteiger partial charge in [0.15, 0.2) is 0 Å². The molecule has 0 heterocycles. The van der Waals surface area contributed by atoms with Gasteiger partial charge in [0.2, 0.25) is 0 Å². The zero-order valence-corrected chi connectivity index (χ0v) is 2.81. The van der Waals surface area contributed by atoms with Crippen molar-refractivity contribution in [1.29, 1.82) is 0 Å². The van der Waals surface area contributed by atoms with Crippen molar-refractivity contribution in [2.75, 3.05) is 6.73 Å². The minimum absolute atomic E-state index is 0.205. The lowest BCUT2D eigenvalue weighted by molar-refractivity contribution is 0.310. The number of hydrogen-bond acceptors (Lipinski definition) is 2. The van der Waals surface area contributed by atoms with Gasteiger partial charge in [-0.15, -0.1) is 0 Å². The van der Waals surface area contributed by atoms with E-state index in [2.05, 4.69) is 17.4 Å². The molecule has 28 valence electrons. The molecular weight excluding hydrogens is 66.0 g/mol. The highest BCUT2D eigenvalue weighted by atomic mass is 16.3. The topological polar surface area (TPSA) is 32.6 Å². The first-order valence-electron chi connectivity index (χ1n) is 1.21. The maximum atomic E-state index is 7.80. The molecule has 0 saturated heterocycles. The fourth-order valence-electron chi connectivity index (χ4n) is 0.0500. The second-order valence-corrected chi connectivity index (χ2v) is 0.458. The van der Waals surface area contributed by atoms with E-state index in [9.17, 15) is 0 Å². The summed E-state index contributed by atoms with van der Waals surface area (Å²) in [4.78, 5) is 3.17. The summed E-state index contributed by atoms with van der Waals surface area (Å²) >= 11 is 0. The van der Waals surface area contributed by atoms with Crippen LogP contribution in [0, 0.1) is 0 Å². The van der Waals surface area contributed by atoms with Gasteiger partial charge < -0.3 is 5.11 Å². The lowest BCUT2D eigenvalue weighted by Crippen LogP contribution is -1.66. The number of aliphatic hydroxyl groups is 1. The lowest BCUT2D eigenvalue weighted by Gasteiger charge is -1.63. The Bertz CT molecular complexity index is 53.9. The first-order chi connectivity index (χ1) is 2.41. The van der Waals surface area contributed by atoms with Gasteiger partial charge in [-0.1, -0.05) is 0 Å². The molecule has 2 nitrogen and oxygen atoms in total. The molecule has 1 N–H and O–H groups in total. The minimum Gasteiger partial charge on any atom is -0.374 e. The molecule has 0 unspecified atom stereocenters. The highest BCUT2D eigenvalue weighted by Gasteiger charge is 1.48. The normalized spacial score (nSPS) is 5.80. The molecule has 5 heavy (non-hydrogen) atoms. The van der Waals surface area contributed by atoms with E-state index in [1.807, 2.05) is 0 Å². The molecule has 0 aromatic rings. The van der Waals surface area contributed by atoms with Crippen LogP contribution in [0.5, 0.6) is 0 Å². The fraction of sp³-hybridized carbons (Fsp3) is 0.333. The average Bonchev–Trinajstić information content (AvgIpc) is 1.41. The smallest absolute Gasteiger partial charge is 0.143 e. The van der Waals surface area contributed by atoms with Gasteiger partial charge in [0, 0.05) is 0 Å². The third kappa shape index (κ3) is 3.41. The molecule has 0 bridgehead atoms. The van der Waals surface area contributed by atoms with Crippen molar-refractivity contribution in [2.24, 2.45) is 4.99 Å². The number of nitrogens with zero attached hydrogens (tertiary/aromatic N) is 1. The summed E-state index contributed by atoms with van der Waals surface area (Å²) in [5.74, 6) is 2.14. The van der Waals surface area contributed by atoms with Crippen LogP contribution < -0.4 is 0 Å². The van der Waals surface area contributed by atoms with Crippen LogP contribution in [0.4, 0.5) is 0 Å². The molecule has 0 saturated carbocycles. The lowest BCUT2D eigenvalue weighted by atomic mass is 11.1. The highest BCUT2D eigenvalue weighted by molar-refractivity contribution is 5.46. The predicted octanol–water partition coefficient (Wildman–Crippen LogP) is -0.208. The number of aliphatic hydroxyl groups excluding tert-OH is 1. The van der Waals surface area contributed by atoms with Gasteiger partial charge in [-0.05, 0) is 12.4 Å². The van der Waals surface area contributed by atoms with E-state index in [1.54, 1.807) is 0 Å². The summed E-state index contributed by atoms with van der Waals surface area (Å²) in [5, 5.41) is 7.80. The molecule has 0 aromatic carbocycles. The van der Waals surface area contributed by atoms with Gasteiger partial charge in [0.1, 0.15) is 6.73 Å². The maximum absolute atomic E-state index is 7.80. The van der Waals surface area contributed by atoms with Gasteiger partial charge >= 0.3 is 0 Å². The zero-order chi connectivity index (χ0) is 4.12. The van der Waals surface area contributed by atoms with Crippen LogP contribution >= 0.6 is 0 Å². The van der Waals surface area contributed by atoms with Crippen molar-refractivity contribution in [3.8, 4) is 0 Å². The summed E-state index contributed by atoms with van der Waals surface area (Å²) < 4.78 is 0. The Balaban J connectivity index is 2.93. The Morgan fingerprint density at radius 2 is 2.60 bits per heavy atom. The average molecular weight is 71.1 g/mol. The summed E-state index contributed by atoms with van der Waals surface area (Å²) in [6, 6.07) is 0. The SMILES string of the molecule is C=C=NCO. The second-order valence-electron chi connectivity index (χ2n) is 0.458. The van der Waals surface area contributed by atoms with Gasteiger partial charge in [-0.2, -0.15) is 0 Å². The Kier molecular flexibility index (Phi) is 3.01. The van der Waals surface area contributed by atoms with E-state index < -0.39 is 0 Å². The number of hydrogen-bond donors (Lipinski definition) is 1. The third-order valence-electron chi connectivity index (χ3n) is 0.183. The van der Waals surface area contributed by atoms with E-state index in [0.29, 0.717) is 0 Å². The van der Waals surface area contributed by atoms with Crippen LogP contribution in [0.25, 0.3) is 0 Å². The van der Waals surface area contributed by atoms with Crippen LogP contribution in [0.2, 0.25) is 0 Å². The maximum Gasteiger partial charge on any atom is 0.143 e. The molecule has 0 spiro atoms. The molecule has 0 atom stereocenters. The van der Waals surface area contributed by atoms with E-state index in [1.165, 1.54) is 0 Å². The quantitative estimate of drug-likeness (QED) is 0.426. The first kappa shape index (κ1) is 4.41.